The molecule has 1 N–H and O–H groups in total. The fourth-order valence-corrected chi connectivity index (χ4v) is 2.38. The van der Waals surface area contributed by atoms with Gasteiger partial charge < -0.3 is 10.0 Å². The first-order valence-corrected chi connectivity index (χ1v) is 6.85. The van der Waals surface area contributed by atoms with E-state index < -0.39 is 11.4 Å². The molecule has 1 atom stereocenters. The molecule has 112 valence electrons. The first kappa shape index (κ1) is 13.9. The number of rotatable bonds is 3. The van der Waals surface area contributed by atoms with Crippen molar-refractivity contribution in [2.45, 2.75) is 31.9 Å². The molecule has 2 aromatic rings. The Morgan fingerprint density at radius 2 is 2.05 bits per heavy atom. The van der Waals surface area contributed by atoms with E-state index in [1.165, 1.54) is 0 Å². The second-order valence-electron chi connectivity index (χ2n) is 5.58. The van der Waals surface area contributed by atoms with E-state index in [2.05, 4.69) is 20.3 Å². The summed E-state index contributed by atoms with van der Waals surface area (Å²) in [5, 5.41) is 18.8. The van der Waals surface area contributed by atoms with Gasteiger partial charge in [-0.2, -0.15) is 0 Å². The van der Waals surface area contributed by atoms with Crippen LogP contribution in [0.1, 0.15) is 32.0 Å². The zero-order valence-electron chi connectivity index (χ0n) is 11.9. The fourth-order valence-electron chi connectivity index (χ4n) is 2.38. The number of aliphatic hydroxyl groups is 1. The summed E-state index contributed by atoms with van der Waals surface area (Å²) in [6.45, 7) is 4.89. The van der Waals surface area contributed by atoms with E-state index in [-0.39, 0.29) is 6.04 Å². The van der Waals surface area contributed by atoms with Gasteiger partial charge in [-0.1, -0.05) is 5.21 Å². The van der Waals surface area contributed by atoms with Crippen molar-refractivity contribution in [3.63, 3.8) is 0 Å². The molecule has 1 aliphatic heterocycles. The summed E-state index contributed by atoms with van der Waals surface area (Å²) >= 11 is 0. The van der Waals surface area contributed by atoms with E-state index >= 15 is 0 Å². The van der Waals surface area contributed by atoms with Crippen molar-refractivity contribution in [1.29, 1.82) is 0 Å². The Morgan fingerprint density at radius 1 is 1.33 bits per heavy atom. The Kier molecular flexibility index (Phi) is 3.32. The highest BCUT2D eigenvalue weighted by atomic mass is 19.1. The molecule has 0 spiro atoms. The molecule has 0 radical (unpaired) electrons. The first-order chi connectivity index (χ1) is 9.98. The molecule has 2 aromatic heterocycles. The van der Waals surface area contributed by atoms with Crippen molar-refractivity contribution in [3.8, 4) is 0 Å². The first-order valence-electron chi connectivity index (χ1n) is 6.85. The quantitative estimate of drug-likeness (QED) is 0.905. The van der Waals surface area contributed by atoms with Crippen molar-refractivity contribution < 1.29 is 9.50 Å². The Balaban J connectivity index is 1.79. The van der Waals surface area contributed by atoms with E-state index in [0.717, 1.165) is 12.4 Å². The standard InChI is InChI=1S/C13H17FN6O/c1-9(2)20-7-11(17-18-20)13(21)3-4-19(8-13)12-15-5-10(14)6-16-12/h5-7,9,21H,3-4,8H2,1-2H3/t13-/m1/s1. The monoisotopic (exact) mass is 292 g/mol. The van der Waals surface area contributed by atoms with Crippen molar-refractivity contribution in [3.05, 3.63) is 30.1 Å². The molecular formula is C13H17FN6O. The molecule has 1 aliphatic rings. The Bertz CT molecular complexity index is 628. The normalized spacial score (nSPS) is 22.2. The molecule has 0 saturated carbocycles. The van der Waals surface area contributed by atoms with Gasteiger partial charge in [-0.3, -0.25) is 0 Å². The molecule has 8 heteroatoms. The van der Waals surface area contributed by atoms with Crippen LogP contribution in [-0.4, -0.2) is 43.2 Å². The smallest absolute Gasteiger partial charge is 0.225 e. The lowest BCUT2D eigenvalue weighted by Crippen LogP contribution is -2.32. The number of β-amino-alcohol motifs (C(OH)–C–C–N with tert-alkyl or cyclic N) is 1. The zero-order chi connectivity index (χ0) is 15.0. The SMILES string of the molecule is CC(C)n1cc([C@@]2(O)CCN(c3ncc(F)cn3)C2)nn1. The predicted molar refractivity (Wildman–Crippen MR) is 73.1 cm³/mol. The van der Waals surface area contributed by atoms with Crippen LogP contribution in [0.5, 0.6) is 0 Å². The summed E-state index contributed by atoms with van der Waals surface area (Å²) in [7, 11) is 0. The summed E-state index contributed by atoms with van der Waals surface area (Å²) in [4.78, 5) is 9.69. The molecule has 21 heavy (non-hydrogen) atoms. The Hall–Kier alpha value is -2.09. The fraction of sp³-hybridized carbons (Fsp3) is 0.538. The largest absolute Gasteiger partial charge is 0.381 e. The molecular weight excluding hydrogens is 275 g/mol. The van der Waals surface area contributed by atoms with E-state index in [1.54, 1.807) is 10.9 Å². The minimum Gasteiger partial charge on any atom is -0.381 e. The number of aromatic nitrogens is 5. The van der Waals surface area contributed by atoms with Gasteiger partial charge in [0.25, 0.3) is 0 Å². The number of nitrogens with zero attached hydrogens (tertiary/aromatic N) is 6. The van der Waals surface area contributed by atoms with Gasteiger partial charge in [-0.25, -0.2) is 19.0 Å². The van der Waals surface area contributed by atoms with Crippen LogP contribution in [0.3, 0.4) is 0 Å². The number of hydrogen-bond donors (Lipinski definition) is 1. The third kappa shape index (κ3) is 2.58. The van der Waals surface area contributed by atoms with E-state index in [4.69, 9.17) is 0 Å². The van der Waals surface area contributed by atoms with Gasteiger partial charge in [0.05, 0.1) is 25.1 Å². The number of anilines is 1. The third-order valence-electron chi connectivity index (χ3n) is 3.65. The van der Waals surface area contributed by atoms with Crippen molar-refractivity contribution in [1.82, 2.24) is 25.0 Å². The molecule has 3 rings (SSSR count). The summed E-state index contributed by atoms with van der Waals surface area (Å²) in [6, 6.07) is 0.188. The maximum atomic E-state index is 12.9. The van der Waals surface area contributed by atoms with E-state index in [0.29, 0.717) is 31.2 Å². The number of hydrogen-bond acceptors (Lipinski definition) is 6. The highest BCUT2D eigenvalue weighted by Gasteiger charge is 2.41. The van der Waals surface area contributed by atoms with Gasteiger partial charge in [0.1, 0.15) is 11.3 Å². The molecule has 7 nitrogen and oxygen atoms in total. The molecule has 0 aromatic carbocycles. The molecule has 3 heterocycles. The van der Waals surface area contributed by atoms with Crippen LogP contribution in [0.4, 0.5) is 10.3 Å². The maximum Gasteiger partial charge on any atom is 0.225 e. The van der Waals surface area contributed by atoms with Crippen LogP contribution in [0.25, 0.3) is 0 Å². The highest BCUT2D eigenvalue weighted by Crippen LogP contribution is 2.32. The summed E-state index contributed by atoms with van der Waals surface area (Å²) < 4.78 is 14.6. The maximum absolute atomic E-state index is 12.9. The van der Waals surface area contributed by atoms with E-state index in [9.17, 15) is 9.50 Å². The highest BCUT2D eigenvalue weighted by molar-refractivity contribution is 5.34. The van der Waals surface area contributed by atoms with Gasteiger partial charge in [-0.15, -0.1) is 5.10 Å². The lowest BCUT2D eigenvalue weighted by Gasteiger charge is -2.20. The van der Waals surface area contributed by atoms with Crippen molar-refractivity contribution >= 4 is 5.95 Å². The lowest BCUT2D eigenvalue weighted by atomic mass is 10.00. The third-order valence-corrected chi connectivity index (χ3v) is 3.65. The molecule has 1 fully saturated rings. The minimum atomic E-state index is -1.08. The second-order valence-corrected chi connectivity index (χ2v) is 5.58. The lowest BCUT2D eigenvalue weighted by molar-refractivity contribution is 0.0558. The molecule has 1 saturated heterocycles. The topological polar surface area (TPSA) is 80.0 Å². The van der Waals surface area contributed by atoms with Crippen LogP contribution in [0, 0.1) is 5.82 Å². The van der Waals surface area contributed by atoms with Crippen LogP contribution in [0.2, 0.25) is 0 Å². The average molecular weight is 292 g/mol. The molecule has 0 unspecified atom stereocenters. The Morgan fingerprint density at radius 3 is 2.67 bits per heavy atom. The second kappa shape index (κ2) is 5.03. The zero-order valence-corrected chi connectivity index (χ0v) is 11.9. The van der Waals surface area contributed by atoms with Crippen molar-refractivity contribution in [2.24, 2.45) is 0 Å². The Labute approximate surface area is 121 Å². The minimum absolute atomic E-state index is 0.188. The summed E-state index contributed by atoms with van der Waals surface area (Å²) in [5.74, 6) is -0.0725. The van der Waals surface area contributed by atoms with Crippen LogP contribution < -0.4 is 4.90 Å². The van der Waals surface area contributed by atoms with Crippen LogP contribution in [0.15, 0.2) is 18.6 Å². The average Bonchev–Trinajstić information content (AvgIpc) is 3.07. The summed E-state index contributed by atoms with van der Waals surface area (Å²) in [5.41, 5.74) is -0.536. The molecule has 0 bridgehead atoms. The number of halogens is 1. The van der Waals surface area contributed by atoms with Gasteiger partial charge >= 0.3 is 0 Å². The van der Waals surface area contributed by atoms with Crippen molar-refractivity contribution in [2.75, 3.05) is 18.0 Å². The van der Waals surface area contributed by atoms with Gasteiger partial charge in [0.15, 0.2) is 5.82 Å². The summed E-state index contributed by atoms with van der Waals surface area (Å²) in [6.07, 6.45) is 4.51. The van der Waals surface area contributed by atoms with Gasteiger partial charge in [-0.05, 0) is 13.8 Å². The van der Waals surface area contributed by atoms with Crippen LogP contribution in [-0.2, 0) is 5.60 Å². The van der Waals surface area contributed by atoms with Gasteiger partial charge in [0.2, 0.25) is 5.95 Å². The van der Waals surface area contributed by atoms with Gasteiger partial charge in [0, 0.05) is 19.0 Å². The van der Waals surface area contributed by atoms with E-state index in [1.807, 2.05) is 18.7 Å². The molecule has 0 amide bonds. The van der Waals surface area contributed by atoms with Crippen LogP contribution >= 0.6 is 0 Å². The predicted octanol–water partition coefficient (Wildman–Crippen LogP) is 0.886. The molecule has 0 aliphatic carbocycles.